The summed E-state index contributed by atoms with van der Waals surface area (Å²) in [4.78, 5) is 16.7. The number of hydrogen-bond donors (Lipinski definition) is 1. The molecule has 1 aromatic heterocycles. The molecule has 0 spiro atoms. The van der Waals surface area contributed by atoms with Gasteiger partial charge < -0.3 is 5.32 Å². The number of rotatable bonds is 4. The van der Waals surface area contributed by atoms with E-state index >= 15 is 0 Å². The molecule has 1 fully saturated rings. The van der Waals surface area contributed by atoms with E-state index in [2.05, 4.69) is 16.2 Å². The predicted molar refractivity (Wildman–Crippen MR) is 114 cm³/mol. The lowest BCUT2D eigenvalue weighted by molar-refractivity contribution is -0.117. The van der Waals surface area contributed by atoms with E-state index in [4.69, 9.17) is 6.42 Å². The topological polar surface area (TPSA) is 42.0 Å². The summed E-state index contributed by atoms with van der Waals surface area (Å²) in [6.07, 6.45) is 11.7. The fraction of sp³-hybridized carbons (Fsp3) is 0.280. The maximum Gasteiger partial charge on any atom is 0.224 e. The maximum absolute atomic E-state index is 13.7. The van der Waals surface area contributed by atoms with Crippen LogP contribution in [0.3, 0.4) is 0 Å². The Kier molecular flexibility index (Phi) is 5.57. The smallest absolute Gasteiger partial charge is 0.224 e. The molecule has 0 saturated heterocycles. The van der Waals surface area contributed by atoms with Crippen LogP contribution in [0.1, 0.15) is 49.1 Å². The Bertz CT molecular complexity index is 1060. The van der Waals surface area contributed by atoms with Crippen LogP contribution in [0.4, 0.5) is 10.1 Å². The van der Waals surface area contributed by atoms with Gasteiger partial charge in [0.25, 0.3) is 0 Å². The Morgan fingerprint density at radius 1 is 1.10 bits per heavy atom. The second-order valence-corrected chi connectivity index (χ2v) is 7.75. The van der Waals surface area contributed by atoms with Crippen molar-refractivity contribution in [1.82, 2.24) is 4.98 Å². The van der Waals surface area contributed by atoms with Gasteiger partial charge >= 0.3 is 0 Å². The quantitative estimate of drug-likeness (QED) is 0.588. The summed E-state index contributed by atoms with van der Waals surface area (Å²) in [5.74, 6) is 3.14. The summed E-state index contributed by atoms with van der Waals surface area (Å²) < 4.78 is 13.7. The number of pyridine rings is 1. The Morgan fingerprint density at radius 3 is 2.59 bits per heavy atom. The van der Waals surface area contributed by atoms with E-state index in [1.807, 2.05) is 30.3 Å². The van der Waals surface area contributed by atoms with Crippen molar-refractivity contribution in [3.8, 4) is 12.3 Å². The number of halogens is 1. The van der Waals surface area contributed by atoms with Gasteiger partial charge in [-0.2, -0.15) is 0 Å². The number of anilines is 1. The van der Waals surface area contributed by atoms with E-state index in [1.165, 1.54) is 11.6 Å². The average Bonchev–Trinajstić information content (AvgIpc) is 2.74. The molecule has 1 saturated carbocycles. The summed E-state index contributed by atoms with van der Waals surface area (Å²) in [5, 5.41) is 3.86. The molecular formula is C25H23FN2O. The normalized spacial score (nSPS) is 18.9. The number of aromatic nitrogens is 1. The van der Waals surface area contributed by atoms with Crippen molar-refractivity contribution in [2.24, 2.45) is 5.92 Å². The zero-order valence-corrected chi connectivity index (χ0v) is 16.2. The molecule has 3 nitrogen and oxygen atoms in total. The van der Waals surface area contributed by atoms with Gasteiger partial charge in [-0.3, -0.25) is 9.78 Å². The summed E-state index contributed by atoms with van der Waals surface area (Å²) in [5.41, 5.74) is 3.57. The van der Waals surface area contributed by atoms with Crippen molar-refractivity contribution in [2.45, 2.75) is 38.0 Å². The van der Waals surface area contributed by atoms with Crippen molar-refractivity contribution < 1.29 is 9.18 Å². The highest BCUT2D eigenvalue weighted by Gasteiger charge is 2.25. The lowest BCUT2D eigenvalue weighted by atomic mass is 9.77. The maximum atomic E-state index is 13.7. The lowest BCUT2D eigenvalue weighted by Gasteiger charge is -2.29. The summed E-state index contributed by atoms with van der Waals surface area (Å²) in [6, 6.07) is 14.1. The van der Waals surface area contributed by atoms with Crippen molar-refractivity contribution in [2.75, 3.05) is 5.32 Å². The second-order valence-electron chi connectivity index (χ2n) is 7.75. The molecule has 1 aliphatic carbocycles. The second kappa shape index (κ2) is 8.45. The molecule has 0 unspecified atom stereocenters. The molecule has 1 amide bonds. The van der Waals surface area contributed by atoms with Gasteiger partial charge in [0, 0.05) is 29.3 Å². The SMILES string of the molecule is C#Cc1ccc(NC(=O)CC2CCC(c3ccnc4ccc(F)cc34)CC2)cc1. The van der Waals surface area contributed by atoms with E-state index in [0.29, 0.717) is 18.3 Å². The van der Waals surface area contributed by atoms with Crippen molar-refractivity contribution in [1.29, 1.82) is 0 Å². The Morgan fingerprint density at radius 2 is 1.86 bits per heavy atom. The van der Waals surface area contributed by atoms with E-state index in [9.17, 15) is 9.18 Å². The first-order valence-corrected chi connectivity index (χ1v) is 10.0. The highest BCUT2D eigenvalue weighted by molar-refractivity contribution is 5.90. The third-order valence-electron chi connectivity index (χ3n) is 5.83. The first-order chi connectivity index (χ1) is 14.1. The summed E-state index contributed by atoms with van der Waals surface area (Å²) in [6.45, 7) is 0. The first kappa shape index (κ1) is 19.1. The van der Waals surface area contributed by atoms with Crippen LogP contribution in [0.5, 0.6) is 0 Å². The van der Waals surface area contributed by atoms with Gasteiger partial charge in [-0.15, -0.1) is 6.42 Å². The molecule has 3 aromatic rings. The van der Waals surface area contributed by atoms with Gasteiger partial charge in [0.2, 0.25) is 5.91 Å². The minimum absolute atomic E-state index is 0.0401. The zero-order chi connectivity index (χ0) is 20.2. The minimum Gasteiger partial charge on any atom is -0.326 e. The fourth-order valence-electron chi connectivity index (χ4n) is 4.30. The van der Waals surface area contributed by atoms with Crippen LogP contribution in [0.2, 0.25) is 0 Å². The minimum atomic E-state index is -0.229. The number of nitrogens with zero attached hydrogens (tertiary/aromatic N) is 1. The van der Waals surface area contributed by atoms with E-state index < -0.39 is 0 Å². The van der Waals surface area contributed by atoms with Crippen LogP contribution in [-0.4, -0.2) is 10.9 Å². The van der Waals surface area contributed by atoms with Crippen molar-refractivity contribution in [3.63, 3.8) is 0 Å². The average molecular weight is 386 g/mol. The molecular weight excluding hydrogens is 363 g/mol. The van der Waals surface area contributed by atoms with Crippen LogP contribution < -0.4 is 5.32 Å². The molecule has 29 heavy (non-hydrogen) atoms. The molecule has 1 N–H and O–H groups in total. The molecule has 0 atom stereocenters. The third kappa shape index (κ3) is 4.46. The summed E-state index contributed by atoms with van der Waals surface area (Å²) in [7, 11) is 0. The Balaban J connectivity index is 1.35. The van der Waals surface area contributed by atoms with Crippen LogP contribution in [0, 0.1) is 24.1 Å². The van der Waals surface area contributed by atoms with Crippen molar-refractivity contribution >= 4 is 22.5 Å². The molecule has 0 bridgehead atoms. The largest absolute Gasteiger partial charge is 0.326 e. The molecule has 146 valence electrons. The van der Waals surface area contributed by atoms with Crippen LogP contribution >= 0.6 is 0 Å². The van der Waals surface area contributed by atoms with E-state index in [1.54, 1.807) is 18.3 Å². The standard InChI is InChI=1S/C25H23FN2O/c1-2-17-5-10-21(11-6-17)28-25(29)15-18-3-7-19(8-4-18)22-13-14-27-24-12-9-20(26)16-23(22)24/h1,5-6,9-14,16,18-19H,3-4,7-8,15H2,(H,28,29). The van der Waals surface area contributed by atoms with Crippen LogP contribution in [0.25, 0.3) is 10.9 Å². The third-order valence-corrected chi connectivity index (χ3v) is 5.83. The highest BCUT2D eigenvalue weighted by Crippen LogP contribution is 2.39. The van der Waals surface area contributed by atoms with Gasteiger partial charge in [-0.1, -0.05) is 5.92 Å². The number of benzene rings is 2. The highest BCUT2D eigenvalue weighted by atomic mass is 19.1. The van der Waals surface area contributed by atoms with Gasteiger partial charge in [0.1, 0.15) is 5.82 Å². The van der Waals surface area contributed by atoms with Gasteiger partial charge in [-0.25, -0.2) is 4.39 Å². The van der Waals surface area contributed by atoms with E-state index in [-0.39, 0.29) is 11.7 Å². The van der Waals surface area contributed by atoms with Crippen molar-refractivity contribution in [3.05, 3.63) is 71.7 Å². The molecule has 1 aliphatic rings. The van der Waals surface area contributed by atoms with Crippen LogP contribution in [-0.2, 0) is 4.79 Å². The van der Waals surface area contributed by atoms with Gasteiger partial charge in [0.05, 0.1) is 5.52 Å². The predicted octanol–water partition coefficient (Wildman–Crippen LogP) is 5.66. The number of carbonyl (C=O) groups excluding carboxylic acids is 1. The molecule has 4 heteroatoms. The number of terminal acetylenes is 1. The van der Waals surface area contributed by atoms with Gasteiger partial charge in [-0.05, 0) is 91.6 Å². The Labute approximate surface area is 170 Å². The molecule has 4 rings (SSSR count). The number of carbonyl (C=O) groups is 1. The molecule has 0 radical (unpaired) electrons. The zero-order valence-electron chi connectivity index (χ0n) is 16.2. The monoisotopic (exact) mass is 386 g/mol. The van der Waals surface area contributed by atoms with Crippen LogP contribution in [0.15, 0.2) is 54.7 Å². The Hall–Kier alpha value is -3.19. The molecule has 2 aromatic carbocycles. The molecule has 1 heterocycles. The number of fused-ring (bicyclic) bond motifs is 1. The number of amides is 1. The first-order valence-electron chi connectivity index (χ1n) is 10.0. The molecule has 0 aliphatic heterocycles. The fourth-order valence-corrected chi connectivity index (χ4v) is 4.30. The van der Waals surface area contributed by atoms with Gasteiger partial charge in [0.15, 0.2) is 0 Å². The lowest BCUT2D eigenvalue weighted by Crippen LogP contribution is -2.20. The number of hydrogen-bond acceptors (Lipinski definition) is 2. The van der Waals surface area contributed by atoms with E-state index in [0.717, 1.165) is 47.8 Å². The summed E-state index contributed by atoms with van der Waals surface area (Å²) >= 11 is 0. The number of nitrogens with one attached hydrogen (secondary N) is 1.